The molecule has 0 saturated carbocycles. The van der Waals surface area contributed by atoms with Crippen LogP contribution >= 0.6 is 0 Å². The largest absolute Gasteiger partial charge is 0.346 e. The average Bonchev–Trinajstić information content (AvgIpc) is 2.78. The van der Waals surface area contributed by atoms with Crippen LogP contribution in [0, 0.1) is 11.3 Å². The summed E-state index contributed by atoms with van der Waals surface area (Å²) in [6.45, 7) is 2.12. The molecule has 1 aromatic heterocycles. The molecule has 74 valence electrons. The Hall–Kier alpha value is -2.01. The minimum absolute atomic E-state index is 0.272. The van der Waals surface area contributed by atoms with Crippen LogP contribution in [0.1, 0.15) is 24.1 Å². The van der Waals surface area contributed by atoms with Crippen molar-refractivity contribution in [2.24, 2.45) is 0 Å². The first-order valence-corrected chi connectivity index (χ1v) is 4.94. The molecule has 1 atom stereocenters. The van der Waals surface area contributed by atoms with E-state index in [1.165, 1.54) is 5.56 Å². The molecule has 15 heavy (non-hydrogen) atoms. The molecule has 2 heteroatoms. The maximum Gasteiger partial charge on any atom is 0.101 e. The lowest BCUT2D eigenvalue weighted by molar-refractivity contribution is 0.643. The molecule has 0 aliphatic carbocycles. The van der Waals surface area contributed by atoms with Crippen LogP contribution in [-0.2, 0) is 0 Å². The molecule has 0 N–H and O–H groups in total. The normalized spacial score (nSPS) is 12.0. The minimum atomic E-state index is 0.272. The highest BCUT2D eigenvalue weighted by Gasteiger charge is 2.06. The SMILES string of the molecule is CC(c1ccccc1)n1ccc(C#N)c1. The van der Waals surface area contributed by atoms with E-state index in [0.717, 1.165) is 0 Å². The number of rotatable bonds is 2. The summed E-state index contributed by atoms with van der Waals surface area (Å²) in [5, 5.41) is 8.74. The van der Waals surface area contributed by atoms with Crippen LogP contribution < -0.4 is 0 Å². The molecule has 0 amide bonds. The third kappa shape index (κ3) is 1.92. The number of hydrogen-bond donors (Lipinski definition) is 0. The van der Waals surface area contributed by atoms with Crippen LogP contribution in [0.15, 0.2) is 48.8 Å². The smallest absolute Gasteiger partial charge is 0.101 e. The molecule has 0 saturated heterocycles. The zero-order chi connectivity index (χ0) is 10.7. The molecule has 0 spiro atoms. The van der Waals surface area contributed by atoms with Crippen molar-refractivity contribution in [1.82, 2.24) is 4.57 Å². The van der Waals surface area contributed by atoms with Gasteiger partial charge < -0.3 is 4.57 Å². The summed E-state index contributed by atoms with van der Waals surface area (Å²) >= 11 is 0. The van der Waals surface area contributed by atoms with E-state index in [1.807, 2.05) is 41.2 Å². The first-order valence-electron chi connectivity index (χ1n) is 4.94. The fourth-order valence-corrected chi connectivity index (χ4v) is 1.62. The van der Waals surface area contributed by atoms with Gasteiger partial charge in [0.1, 0.15) is 6.07 Å². The van der Waals surface area contributed by atoms with Gasteiger partial charge in [0, 0.05) is 12.4 Å². The maximum atomic E-state index is 8.74. The summed E-state index contributed by atoms with van der Waals surface area (Å²) in [4.78, 5) is 0. The van der Waals surface area contributed by atoms with Crippen molar-refractivity contribution in [1.29, 1.82) is 5.26 Å². The van der Waals surface area contributed by atoms with E-state index in [4.69, 9.17) is 5.26 Å². The van der Waals surface area contributed by atoms with Crippen LogP contribution in [0.3, 0.4) is 0 Å². The Bertz CT molecular complexity index is 477. The van der Waals surface area contributed by atoms with Gasteiger partial charge in [-0.15, -0.1) is 0 Å². The summed E-state index contributed by atoms with van der Waals surface area (Å²) in [5.74, 6) is 0. The fourth-order valence-electron chi connectivity index (χ4n) is 1.62. The van der Waals surface area contributed by atoms with Crippen LogP contribution in [0.2, 0.25) is 0 Å². The van der Waals surface area contributed by atoms with Gasteiger partial charge in [-0.3, -0.25) is 0 Å². The topological polar surface area (TPSA) is 28.7 Å². The molecule has 0 aliphatic rings. The van der Waals surface area contributed by atoms with Gasteiger partial charge in [0.05, 0.1) is 11.6 Å². The molecule has 2 nitrogen and oxygen atoms in total. The predicted molar refractivity (Wildman–Crippen MR) is 59.4 cm³/mol. The van der Waals surface area contributed by atoms with Crippen molar-refractivity contribution < 1.29 is 0 Å². The first-order chi connectivity index (χ1) is 7.31. The molecular weight excluding hydrogens is 184 g/mol. The first kappa shape index (κ1) is 9.54. The van der Waals surface area contributed by atoms with E-state index >= 15 is 0 Å². The standard InChI is InChI=1S/C13H12N2/c1-11(13-5-3-2-4-6-13)15-8-7-12(9-14)10-15/h2-8,10-11H,1H3. The summed E-state index contributed by atoms with van der Waals surface area (Å²) in [6.07, 6.45) is 3.81. The van der Waals surface area contributed by atoms with Gasteiger partial charge in [-0.2, -0.15) is 5.26 Å². The molecule has 2 rings (SSSR count). The van der Waals surface area contributed by atoms with E-state index in [9.17, 15) is 0 Å². The molecule has 1 heterocycles. The average molecular weight is 196 g/mol. The molecule has 0 fully saturated rings. The zero-order valence-electron chi connectivity index (χ0n) is 8.59. The summed E-state index contributed by atoms with van der Waals surface area (Å²) < 4.78 is 2.05. The lowest BCUT2D eigenvalue weighted by Crippen LogP contribution is -2.03. The quantitative estimate of drug-likeness (QED) is 0.725. The maximum absolute atomic E-state index is 8.74. The van der Waals surface area contributed by atoms with Crippen LogP contribution in [0.4, 0.5) is 0 Å². The second-order valence-corrected chi connectivity index (χ2v) is 3.55. The number of aromatic nitrogens is 1. The van der Waals surface area contributed by atoms with Gasteiger partial charge in [-0.1, -0.05) is 30.3 Å². The van der Waals surface area contributed by atoms with E-state index < -0.39 is 0 Å². The minimum Gasteiger partial charge on any atom is -0.346 e. The molecule has 0 bridgehead atoms. The second-order valence-electron chi connectivity index (χ2n) is 3.55. The van der Waals surface area contributed by atoms with Gasteiger partial charge >= 0.3 is 0 Å². The van der Waals surface area contributed by atoms with Crippen LogP contribution in [0.25, 0.3) is 0 Å². The van der Waals surface area contributed by atoms with Crippen LogP contribution in [0.5, 0.6) is 0 Å². The van der Waals surface area contributed by atoms with Crippen molar-refractivity contribution in [2.75, 3.05) is 0 Å². The van der Waals surface area contributed by atoms with E-state index in [0.29, 0.717) is 5.56 Å². The molecular formula is C13H12N2. The highest BCUT2D eigenvalue weighted by molar-refractivity contribution is 5.28. The lowest BCUT2D eigenvalue weighted by Gasteiger charge is -2.13. The van der Waals surface area contributed by atoms with Crippen molar-refractivity contribution in [3.05, 3.63) is 59.9 Å². The Morgan fingerprint density at radius 1 is 1.20 bits per heavy atom. The van der Waals surface area contributed by atoms with Crippen molar-refractivity contribution >= 4 is 0 Å². The number of hydrogen-bond acceptors (Lipinski definition) is 1. The Morgan fingerprint density at radius 3 is 2.53 bits per heavy atom. The summed E-state index contributed by atoms with van der Waals surface area (Å²) in [7, 11) is 0. The molecule has 2 aromatic rings. The summed E-state index contributed by atoms with van der Waals surface area (Å²) in [6, 6.07) is 14.5. The van der Waals surface area contributed by atoms with Gasteiger partial charge in [0.2, 0.25) is 0 Å². The Balaban J connectivity index is 2.29. The fraction of sp³-hybridized carbons (Fsp3) is 0.154. The lowest BCUT2D eigenvalue weighted by atomic mass is 10.1. The third-order valence-corrected chi connectivity index (χ3v) is 2.57. The summed E-state index contributed by atoms with van der Waals surface area (Å²) in [5.41, 5.74) is 1.95. The van der Waals surface area contributed by atoms with E-state index in [-0.39, 0.29) is 6.04 Å². The monoisotopic (exact) mass is 196 g/mol. The number of benzene rings is 1. The zero-order valence-corrected chi connectivity index (χ0v) is 8.59. The second kappa shape index (κ2) is 4.02. The van der Waals surface area contributed by atoms with Crippen molar-refractivity contribution in [3.8, 4) is 6.07 Å². The molecule has 1 unspecified atom stereocenters. The number of nitriles is 1. The van der Waals surface area contributed by atoms with Gasteiger partial charge in [0.15, 0.2) is 0 Å². The van der Waals surface area contributed by atoms with Gasteiger partial charge in [0.25, 0.3) is 0 Å². The van der Waals surface area contributed by atoms with E-state index in [1.54, 1.807) is 0 Å². The molecule has 1 aromatic carbocycles. The highest BCUT2D eigenvalue weighted by Crippen LogP contribution is 2.18. The highest BCUT2D eigenvalue weighted by atomic mass is 15.0. The van der Waals surface area contributed by atoms with Gasteiger partial charge in [-0.05, 0) is 18.6 Å². The Labute approximate surface area is 89.4 Å². The Kier molecular flexibility index (Phi) is 2.55. The van der Waals surface area contributed by atoms with Crippen LogP contribution in [-0.4, -0.2) is 4.57 Å². The molecule has 0 aliphatic heterocycles. The van der Waals surface area contributed by atoms with E-state index in [2.05, 4.69) is 25.1 Å². The van der Waals surface area contributed by atoms with Crippen molar-refractivity contribution in [3.63, 3.8) is 0 Å². The molecule has 0 radical (unpaired) electrons. The van der Waals surface area contributed by atoms with Crippen molar-refractivity contribution in [2.45, 2.75) is 13.0 Å². The third-order valence-electron chi connectivity index (χ3n) is 2.57. The predicted octanol–water partition coefficient (Wildman–Crippen LogP) is 2.97. The van der Waals surface area contributed by atoms with Gasteiger partial charge in [-0.25, -0.2) is 0 Å². The Morgan fingerprint density at radius 2 is 1.93 bits per heavy atom. The number of nitrogens with zero attached hydrogens (tertiary/aromatic N) is 2.